The molecule has 0 amide bonds. The Morgan fingerprint density at radius 3 is 1.80 bits per heavy atom. The lowest BCUT2D eigenvalue weighted by molar-refractivity contribution is 0.528. The van der Waals surface area contributed by atoms with Gasteiger partial charge in [0.25, 0.3) is 0 Å². The molecule has 2 aromatic rings. The van der Waals surface area contributed by atoms with Gasteiger partial charge in [0.05, 0.1) is 6.26 Å². The van der Waals surface area contributed by atoms with Gasteiger partial charge in [-0.1, -0.05) is 116 Å². The molecule has 2 rings (SSSR count). The number of furan rings is 1. The lowest BCUT2D eigenvalue weighted by Crippen LogP contribution is -2.15. The van der Waals surface area contributed by atoms with E-state index >= 15 is 0 Å². The first-order valence-electron chi connectivity index (χ1n) is 6.95. The second kappa shape index (κ2) is 8.11. The summed E-state index contributed by atoms with van der Waals surface area (Å²) in [4.78, 5) is 13.3. The zero-order valence-corrected chi connectivity index (χ0v) is 22.8. The van der Waals surface area contributed by atoms with Gasteiger partial charge in [-0.3, -0.25) is 0 Å². The molecule has 0 aromatic carbocycles. The fraction of sp³-hybridized carbons (Fsp3) is 0.400. The van der Waals surface area contributed by atoms with Gasteiger partial charge in [-0.15, -0.1) is 0 Å². The maximum absolute atomic E-state index is 5.59. The summed E-state index contributed by atoms with van der Waals surface area (Å²) in [5.74, 6) is 2.20. The van der Waals surface area contributed by atoms with E-state index in [9.17, 15) is 0 Å². The first kappa shape index (κ1) is 22.2. The van der Waals surface area contributed by atoms with E-state index in [1.165, 1.54) is 0 Å². The largest absolute Gasteiger partial charge is 0.465 e. The van der Waals surface area contributed by atoms with Crippen molar-refractivity contribution in [3.8, 4) is 0 Å². The number of halogens is 6. The Bertz CT molecular complexity index is 752. The fourth-order valence-corrected chi connectivity index (χ4v) is 3.00. The highest BCUT2D eigenvalue weighted by atomic mass is 80.0. The van der Waals surface area contributed by atoms with E-state index in [1.54, 1.807) is 12.3 Å². The van der Waals surface area contributed by atoms with Crippen molar-refractivity contribution in [3.05, 3.63) is 41.1 Å². The van der Waals surface area contributed by atoms with E-state index in [1.807, 2.05) is 12.1 Å². The van der Waals surface area contributed by atoms with Gasteiger partial charge in [-0.25, -0.2) is 15.0 Å². The van der Waals surface area contributed by atoms with E-state index in [0.717, 1.165) is 11.3 Å². The van der Waals surface area contributed by atoms with Crippen LogP contribution in [0.4, 0.5) is 0 Å². The third-order valence-corrected chi connectivity index (χ3v) is 5.17. The maximum atomic E-state index is 5.59. The summed E-state index contributed by atoms with van der Waals surface area (Å²) in [6.45, 7) is 6.41. The summed E-state index contributed by atoms with van der Waals surface area (Å²) in [6.07, 6.45) is 5.34. The molecule has 0 aliphatic rings. The molecule has 25 heavy (non-hydrogen) atoms. The van der Waals surface area contributed by atoms with Crippen LogP contribution in [0.25, 0.3) is 12.2 Å². The number of aromatic nitrogens is 3. The first-order valence-corrected chi connectivity index (χ1v) is 11.7. The molecule has 0 N–H and O–H groups in total. The quantitative estimate of drug-likeness (QED) is 0.300. The van der Waals surface area contributed by atoms with Crippen LogP contribution in [0.5, 0.6) is 0 Å². The molecule has 0 radical (unpaired) electrons. The van der Waals surface area contributed by atoms with Crippen molar-refractivity contribution in [2.45, 2.75) is 30.5 Å². The highest BCUT2D eigenvalue weighted by molar-refractivity contribution is 9.39. The molecule has 0 saturated carbocycles. The lowest BCUT2D eigenvalue weighted by Gasteiger charge is -2.17. The van der Waals surface area contributed by atoms with Gasteiger partial charge in [0.15, 0.2) is 21.8 Å². The Labute approximate surface area is 196 Å². The molecular weight excluding hydrogens is 718 g/mol. The molecule has 0 aliphatic heterocycles. The number of hydrogen-bond donors (Lipinski definition) is 0. The maximum Gasteiger partial charge on any atom is 0.194 e. The molecule has 136 valence electrons. The molecule has 2 heterocycles. The summed E-state index contributed by atoms with van der Waals surface area (Å²) in [6, 6.07) is 1.98. The molecule has 4 nitrogen and oxygen atoms in total. The smallest absolute Gasteiger partial charge is 0.194 e. The Balaban J connectivity index is 2.48. The fourth-order valence-electron chi connectivity index (χ4n) is 1.94. The molecule has 0 fully saturated rings. The van der Waals surface area contributed by atoms with Crippen molar-refractivity contribution in [2.75, 3.05) is 0 Å². The highest BCUT2D eigenvalue weighted by Gasteiger charge is 2.31. The third-order valence-electron chi connectivity index (χ3n) is 3.05. The van der Waals surface area contributed by atoms with Gasteiger partial charge < -0.3 is 4.42 Å². The van der Waals surface area contributed by atoms with Crippen LogP contribution >= 0.6 is 95.6 Å². The van der Waals surface area contributed by atoms with Crippen molar-refractivity contribution >= 4 is 108 Å². The molecule has 0 bridgehead atoms. The van der Waals surface area contributed by atoms with Crippen LogP contribution in [-0.2, 0) is 9.70 Å². The second-order valence-corrected chi connectivity index (χ2v) is 19.6. The molecule has 0 spiro atoms. The van der Waals surface area contributed by atoms with Gasteiger partial charge in [-0.05, 0) is 23.6 Å². The van der Waals surface area contributed by atoms with Crippen LogP contribution in [0, 0.1) is 0 Å². The summed E-state index contributed by atoms with van der Waals surface area (Å²) in [7, 11) is 0. The lowest BCUT2D eigenvalue weighted by atomic mass is 9.87. The molecule has 0 unspecified atom stereocenters. The minimum absolute atomic E-state index is 0.0183. The zero-order chi connectivity index (χ0) is 19.0. The molecule has 10 heteroatoms. The monoisotopic (exact) mass is 725 g/mol. The van der Waals surface area contributed by atoms with Crippen molar-refractivity contribution < 1.29 is 4.42 Å². The van der Waals surface area contributed by atoms with Crippen LogP contribution in [-0.4, -0.2) is 15.0 Å². The van der Waals surface area contributed by atoms with E-state index in [4.69, 9.17) is 4.42 Å². The van der Waals surface area contributed by atoms with Gasteiger partial charge in [0.1, 0.15) is 5.76 Å². The van der Waals surface area contributed by atoms with Gasteiger partial charge in [0, 0.05) is 5.56 Å². The minimum atomic E-state index is -0.757. The predicted octanol–water partition coefficient (Wildman–Crippen LogP) is 7.52. The summed E-state index contributed by atoms with van der Waals surface area (Å²) in [5.41, 5.74) is 1.10. The summed E-state index contributed by atoms with van der Waals surface area (Å²) < 4.78 is 4.08. The van der Waals surface area contributed by atoms with Crippen molar-refractivity contribution in [1.82, 2.24) is 15.0 Å². The Hall–Kier alpha value is 0.910. The average Bonchev–Trinajstić information content (AvgIpc) is 2.91. The number of hydrogen-bond acceptors (Lipinski definition) is 4. The van der Waals surface area contributed by atoms with Crippen LogP contribution < -0.4 is 0 Å². The minimum Gasteiger partial charge on any atom is -0.465 e. The van der Waals surface area contributed by atoms with E-state index in [2.05, 4.69) is 131 Å². The Morgan fingerprint density at radius 2 is 1.36 bits per heavy atom. The van der Waals surface area contributed by atoms with Crippen LogP contribution in [0.1, 0.15) is 49.6 Å². The van der Waals surface area contributed by atoms with Crippen LogP contribution in [0.3, 0.4) is 0 Å². The van der Waals surface area contributed by atoms with Crippen molar-refractivity contribution in [2.24, 2.45) is 0 Å². The molecule has 2 aromatic heterocycles. The second-order valence-electron chi connectivity index (χ2n) is 6.12. The van der Waals surface area contributed by atoms with Crippen LogP contribution in [0.15, 0.2) is 16.7 Å². The molecule has 0 saturated heterocycles. The van der Waals surface area contributed by atoms with Gasteiger partial charge in [-0.2, -0.15) is 0 Å². The Morgan fingerprint density at radius 1 is 0.840 bits per heavy atom. The predicted molar refractivity (Wildman–Crippen MR) is 123 cm³/mol. The number of rotatable bonds is 2. The molecule has 0 atom stereocenters. The van der Waals surface area contributed by atoms with Crippen LogP contribution in [0.2, 0.25) is 0 Å². The van der Waals surface area contributed by atoms with Crippen molar-refractivity contribution in [1.29, 1.82) is 0 Å². The zero-order valence-electron chi connectivity index (χ0n) is 13.3. The third kappa shape index (κ3) is 6.20. The molecule has 0 aliphatic carbocycles. The number of nitrogens with zero attached hydrogens (tertiary/aromatic N) is 3. The van der Waals surface area contributed by atoms with Gasteiger partial charge in [0.2, 0.25) is 0 Å². The van der Waals surface area contributed by atoms with Gasteiger partial charge >= 0.3 is 0 Å². The van der Waals surface area contributed by atoms with E-state index < -0.39 is 4.29 Å². The standard InChI is InChI=1S/C15H13Br6N3O/c1-13(2,3)8-6-7-25-9(8)4-5-10-22-11(14(16,17)18)24-12(23-10)15(19,20)21/h4-7H,1-3H3/b5-4+. The molecular formula is C15H13Br6N3O. The topological polar surface area (TPSA) is 51.8 Å². The first-order chi connectivity index (χ1) is 11.3. The summed E-state index contributed by atoms with van der Waals surface area (Å²) >= 11 is 20.6. The Kier molecular flexibility index (Phi) is 7.20. The van der Waals surface area contributed by atoms with E-state index in [0.29, 0.717) is 17.5 Å². The van der Waals surface area contributed by atoms with Crippen molar-refractivity contribution in [3.63, 3.8) is 0 Å². The normalized spacial score (nSPS) is 13.6. The SMILES string of the molecule is CC(C)(C)c1ccoc1/C=C/c1nc(C(Br)(Br)Br)nc(C(Br)(Br)Br)n1. The highest BCUT2D eigenvalue weighted by Crippen LogP contribution is 2.46. The summed E-state index contributed by atoms with van der Waals surface area (Å²) in [5, 5.41) is 0. The average molecular weight is 731 g/mol. The number of alkyl halides is 6. The van der Waals surface area contributed by atoms with E-state index in [-0.39, 0.29) is 5.41 Å².